The molecule has 96 valence electrons. The predicted octanol–water partition coefficient (Wildman–Crippen LogP) is 2.02. The lowest BCUT2D eigenvalue weighted by Gasteiger charge is -2.11. The van der Waals surface area contributed by atoms with Crippen LogP contribution in [0.3, 0.4) is 0 Å². The normalized spacial score (nSPS) is 9.44. The van der Waals surface area contributed by atoms with Crippen molar-refractivity contribution >= 4 is 34.8 Å². The van der Waals surface area contributed by atoms with Gasteiger partial charge in [-0.3, -0.25) is 15.6 Å². The molecule has 0 saturated heterocycles. The second-order valence-corrected chi connectivity index (χ2v) is 4.57. The zero-order chi connectivity index (χ0) is 13.5. The standard InChI is InChI=1S/C12H14ClN3OS/c1-8(2)7-14-12(18)16-15-11(17)9-3-5-10(13)6-4-9/h3-6H,1,7H2,2H3,(H,15,17)(H2,14,16,18). The van der Waals surface area contributed by atoms with Crippen LogP contribution in [0.25, 0.3) is 0 Å². The van der Waals surface area contributed by atoms with E-state index in [9.17, 15) is 4.79 Å². The molecule has 0 bridgehead atoms. The first kappa shape index (κ1) is 14.5. The van der Waals surface area contributed by atoms with E-state index in [0.29, 0.717) is 22.2 Å². The van der Waals surface area contributed by atoms with Crippen molar-refractivity contribution in [3.05, 3.63) is 47.0 Å². The fourth-order valence-electron chi connectivity index (χ4n) is 1.06. The van der Waals surface area contributed by atoms with Crippen LogP contribution in [-0.4, -0.2) is 17.6 Å². The van der Waals surface area contributed by atoms with Crippen LogP contribution < -0.4 is 16.2 Å². The Morgan fingerprint density at radius 2 is 1.94 bits per heavy atom. The molecule has 0 aliphatic heterocycles. The number of rotatable bonds is 3. The average molecular weight is 284 g/mol. The van der Waals surface area contributed by atoms with Gasteiger partial charge in [-0.05, 0) is 43.4 Å². The van der Waals surface area contributed by atoms with Gasteiger partial charge in [0.1, 0.15) is 0 Å². The lowest BCUT2D eigenvalue weighted by Crippen LogP contribution is -2.47. The van der Waals surface area contributed by atoms with E-state index in [1.165, 1.54) is 0 Å². The van der Waals surface area contributed by atoms with Crippen molar-refractivity contribution in [1.82, 2.24) is 16.2 Å². The van der Waals surface area contributed by atoms with Gasteiger partial charge in [0.05, 0.1) is 0 Å². The lowest BCUT2D eigenvalue weighted by molar-refractivity contribution is 0.0943. The fourth-order valence-corrected chi connectivity index (χ4v) is 1.31. The Hall–Kier alpha value is -1.59. The molecule has 0 aliphatic rings. The molecule has 1 amide bonds. The minimum absolute atomic E-state index is 0.286. The van der Waals surface area contributed by atoms with Gasteiger partial charge < -0.3 is 5.32 Å². The minimum atomic E-state index is -0.286. The summed E-state index contributed by atoms with van der Waals surface area (Å²) in [6.07, 6.45) is 0. The summed E-state index contributed by atoms with van der Waals surface area (Å²) in [5.74, 6) is -0.286. The van der Waals surface area contributed by atoms with Gasteiger partial charge in [0.2, 0.25) is 0 Å². The molecule has 1 aromatic carbocycles. The van der Waals surface area contributed by atoms with E-state index in [4.69, 9.17) is 23.8 Å². The van der Waals surface area contributed by atoms with E-state index in [2.05, 4.69) is 22.7 Å². The van der Waals surface area contributed by atoms with Gasteiger partial charge in [-0.1, -0.05) is 23.8 Å². The van der Waals surface area contributed by atoms with Crippen molar-refractivity contribution in [2.45, 2.75) is 6.92 Å². The second kappa shape index (κ2) is 6.98. The van der Waals surface area contributed by atoms with Gasteiger partial charge >= 0.3 is 0 Å². The van der Waals surface area contributed by atoms with Crippen LogP contribution in [0.5, 0.6) is 0 Å². The number of carbonyl (C=O) groups excluding carboxylic acids is 1. The van der Waals surface area contributed by atoms with Gasteiger partial charge in [-0.2, -0.15) is 0 Å². The highest BCUT2D eigenvalue weighted by Gasteiger charge is 2.04. The van der Waals surface area contributed by atoms with E-state index in [0.717, 1.165) is 5.57 Å². The molecule has 0 spiro atoms. The topological polar surface area (TPSA) is 53.2 Å². The summed E-state index contributed by atoms with van der Waals surface area (Å²) < 4.78 is 0. The number of thiocarbonyl (C=S) groups is 1. The second-order valence-electron chi connectivity index (χ2n) is 3.73. The van der Waals surface area contributed by atoms with Crippen molar-refractivity contribution in [1.29, 1.82) is 0 Å². The first-order chi connectivity index (χ1) is 8.49. The highest BCUT2D eigenvalue weighted by atomic mass is 35.5. The first-order valence-corrected chi connectivity index (χ1v) is 6.02. The van der Waals surface area contributed by atoms with E-state index in [1.807, 2.05) is 6.92 Å². The number of amides is 1. The van der Waals surface area contributed by atoms with E-state index >= 15 is 0 Å². The maximum atomic E-state index is 11.7. The summed E-state index contributed by atoms with van der Waals surface area (Å²) in [4.78, 5) is 11.7. The van der Waals surface area contributed by atoms with Gasteiger partial charge in [-0.15, -0.1) is 0 Å². The summed E-state index contributed by atoms with van der Waals surface area (Å²) in [7, 11) is 0. The number of hydrogen-bond donors (Lipinski definition) is 3. The molecule has 1 rings (SSSR count). The summed E-state index contributed by atoms with van der Waals surface area (Å²) in [5.41, 5.74) is 6.52. The van der Waals surface area contributed by atoms with E-state index < -0.39 is 0 Å². The smallest absolute Gasteiger partial charge is 0.269 e. The Bertz CT molecular complexity index is 459. The number of carbonyl (C=O) groups is 1. The summed E-state index contributed by atoms with van der Waals surface area (Å²) in [5, 5.41) is 3.80. The third kappa shape index (κ3) is 5.16. The number of halogens is 1. The molecule has 0 unspecified atom stereocenters. The summed E-state index contributed by atoms with van der Waals surface area (Å²) in [6.45, 7) is 6.16. The molecule has 4 nitrogen and oxygen atoms in total. The average Bonchev–Trinajstić information content (AvgIpc) is 2.34. The van der Waals surface area contributed by atoms with Gasteiger partial charge in [0, 0.05) is 17.1 Å². The highest BCUT2D eigenvalue weighted by molar-refractivity contribution is 7.80. The summed E-state index contributed by atoms with van der Waals surface area (Å²) >= 11 is 10.7. The molecule has 1 aromatic rings. The Kier molecular flexibility index (Phi) is 5.61. The summed E-state index contributed by atoms with van der Waals surface area (Å²) in [6, 6.07) is 6.55. The molecule has 3 N–H and O–H groups in total. The number of hydrazine groups is 1. The predicted molar refractivity (Wildman–Crippen MR) is 77.5 cm³/mol. The number of hydrogen-bond acceptors (Lipinski definition) is 2. The van der Waals surface area contributed by atoms with Crippen LogP contribution in [0.15, 0.2) is 36.4 Å². The molecular weight excluding hydrogens is 270 g/mol. The molecule has 0 atom stereocenters. The highest BCUT2D eigenvalue weighted by Crippen LogP contribution is 2.08. The molecule has 0 radical (unpaired) electrons. The monoisotopic (exact) mass is 283 g/mol. The van der Waals surface area contributed by atoms with Gasteiger partial charge in [0.25, 0.3) is 5.91 Å². The third-order valence-corrected chi connectivity index (χ3v) is 2.45. The Balaban J connectivity index is 2.39. The van der Waals surface area contributed by atoms with Crippen molar-refractivity contribution < 1.29 is 4.79 Å². The molecule has 0 heterocycles. The van der Waals surface area contributed by atoms with Gasteiger partial charge in [-0.25, -0.2) is 0 Å². The minimum Gasteiger partial charge on any atom is -0.358 e. The molecular formula is C12H14ClN3OS. The molecule has 0 saturated carbocycles. The quantitative estimate of drug-likeness (QED) is 0.451. The van der Waals surface area contributed by atoms with E-state index in [1.54, 1.807) is 24.3 Å². The molecule has 18 heavy (non-hydrogen) atoms. The van der Waals surface area contributed by atoms with Crippen molar-refractivity contribution in [3.8, 4) is 0 Å². The number of nitrogens with one attached hydrogen (secondary N) is 3. The van der Waals surface area contributed by atoms with Crippen molar-refractivity contribution in [3.63, 3.8) is 0 Å². The Morgan fingerprint density at radius 3 is 2.50 bits per heavy atom. The Labute approximate surface area is 116 Å². The zero-order valence-electron chi connectivity index (χ0n) is 9.92. The van der Waals surface area contributed by atoms with Crippen LogP contribution in [-0.2, 0) is 0 Å². The Morgan fingerprint density at radius 1 is 1.33 bits per heavy atom. The van der Waals surface area contributed by atoms with Gasteiger partial charge in [0.15, 0.2) is 5.11 Å². The third-order valence-electron chi connectivity index (χ3n) is 1.95. The molecule has 0 fully saturated rings. The molecule has 6 heteroatoms. The maximum Gasteiger partial charge on any atom is 0.269 e. The van der Waals surface area contributed by atoms with Crippen molar-refractivity contribution in [2.24, 2.45) is 0 Å². The zero-order valence-corrected chi connectivity index (χ0v) is 11.5. The van der Waals surface area contributed by atoms with Crippen LogP contribution in [0, 0.1) is 0 Å². The van der Waals surface area contributed by atoms with Crippen LogP contribution in [0.1, 0.15) is 17.3 Å². The molecule has 0 aliphatic carbocycles. The van der Waals surface area contributed by atoms with Crippen molar-refractivity contribution in [2.75, 3.05) is 6.54 Å². The molecule has 0 aromatic heterocycles. The van der Waals surface area contributed by atoms with E-state index in [-0.39, 0.29) is 5.91 Å². The van der Waals surface area contributed by atoms with Crippen LogP contribution in [0.4, 0.5) is 0 Å². The van der Waals surface area contributed by atoms with Crippen LogP contribution in [0.2, 0.25) is 5.02 Å². The SMILES string of the molecule is C=C(C)CNC(=S)NNC(=O)c1ccc(Cl)cc1. The first-order valence-electron chi connectivity index (χ1n) is 5.23. The maximum absolute atomic E-state index is 11.7. The van der Waals surface area contributed by atoms with Crippen LogP contribution >= 0.6 is 23.8 Å². The number of benzene rings is 1. The largest absolute Gasteiger partial charge is 0.358 e. The fraction of sp³-hybridized carbons (Fsp3) is 0.167. The lowest BCUT2D eigenvalue weighted by atomic mass is 10.2.